The van der Waals surface area contributed by atoms with Gasteiger partial charge in [-0.05, 0) is 49.4 Å². The van der Waals surface area contributed by atoms with Crippen LogP contribution in [0.15, 0.2) is 0 Å². The fourth-order valence-electron chi connectivity index (χ4n) is 5.27. The molecule has 4 heteroatoms. The van der Waals surface area contributed by atoms with E-state index in [-0.39, 0.29) is 5.60 Å². The van der Waals surface area contributed by atoms with Crippen molar-refractivity contribution >= 4 is 8.80 Å². The standard InChI is InChI=1S/C14H24O3Si/c1-4-5-18(15-3)16-8-9-6-11-10-7-12(10)14(2,17-18)13(9)11/h9-13H,4-8H2,1-3H3/t9?,10?,11-,12?,13?,14?,18?/m1/s1. The van der Waals surface area contributed by atoms with Crippen molar-refractivity contribution in [3.8, 4) is 0 Å². The summed E-state index contributed by atoms with van der Waals surface area (Å²) in [5.74, 6) is 4.23. The molecule has 3 nitrogen and oxygen atoms in total. The Hall–Kier alpha value is 0.0969. The lowest BCUT2D eigenvalue weighted by Crippen LogP contribution is -2.54. The number of fused-ring (bicyclic) bond motifs is 3. The van der Waals surface area contributed by atoms with Gasteiger partial charge in [-0.3, -0.25) is 0 Å². The molecule has 4 fully saturated rings. The fraction of sp³-hybridized carbons (Fsp3) is 1.00. The van der Waals surface area contributed by atoms with Crippen LogP contribution in [0.1, 0.15) is 33.1 Å². The van der Waals surface area contributed by atoms with Gasteiger partial charge in [0.1, 0.15) is 0 Å². The Labute approximate surface area is 111 Å². The van der Waals surface area contributed by atoms with E-state index in [0.717, 1.165) is 48.7 Å². The maximum Gasteiger partial charge on any atom is 0.501 e. The largest absolute Gasteiger partial charge is 0.501 e. The average molecular weight is 268 g/mol. The van der Waals surface area contributed by atoms with Gasteiger partial charge in [0.2, 0.25) is 0 Å². The molecule has 7 atom stereocenters. The normalized spacial score (nSPS) is 60.5. The molecule has 0 spiro atoms. The number of rotatable bonds is 3. The SMILES string of the molecule is CCC[Si]1(OC)OCC2C[C@@H]3C4CC4C(C)(O1)C23. The summed E-state index contributed by atoms with van der Waals surface area (Å²) in [4.78, 5) is 0. The molecule has 6 unspecified atom stereocenters. The molecule has 0 bridgehead atoms. The Morgan fingerprint density at radius 3 is 2.89 bits per heavy atom. The van der Waals surface area contributed by atoms with E-state index in [1.54, 1.807) is 7.11 Å². The zero-order valence-electron chi connectivity index (χ0n) is 11.6. The van der Waals surface area contributed by atoms with Crippen LogP contribution >= 0.6 is 0 Å². The molecule has 1 heterocycles. The Morgan fingerprint density at radius 1 is 1.33 bits per heavy atom. The fourth-order valence-corrected chi connectivity index (χ4v) is 8.02. The molecule has 0 amide bonds. The molecule has 4 rings (SSSR count). The van der Waals surface area contributed by atoms with Crippen LogP contribution in [0.2, 0.25) is 6.04 Å². The van der Waals surface area contributed by atoms with E-state index in [0.29, 0.717) is 0 Å². The van der Waals surface area contributed by atoms with E-state index in [2.05, 4.69) is 13.8 Å². The highest BCUT2D eigenvalue weighted by Gasteiger charge is 2.74. The second-order valence-corrected chi connectivity index (χ2v) is 9.69. The summed E-state index contributed by atoms with van der Waals surface area (Å²) in [6, 6.07) is 0.973. The Bertz CT molecular complexity index is 376. The highest BCUT2D eigenvalue weighted by atomic mass is 28.4. The molecular formula is C14H24O3Si. The quantitative estimate of drug-likeness (QED) is 0.737. The van der Waals surface area contributed by atoms with Gasteiger partial charge in [-0.15, -0.1) is 0 Å². The van der Waals surface area contributed by atoms with Crippen molar-refractivity contribution in [3.63, 3.8) is 0 Å². The first kappa shape index (κ1) is 11.9. The summed E-state index contributed by atoms with van der Waals surface area (Å²) in [6.07, 6.45) is 3.86. The molecular weight excluding hydrogens is 244 g/mol. The van der Waals surface area contributed by atoms with Gasteiger partial charge in [-0.1, -0.05) is 13.3 Å². The van der Waals surface area contributed by atoms with Crippen molar-refractivity contribution in [1.29, 1.82) is 0 Å². The van der Waals surface area contributed by atoms with Crippen molar-refractivity contribution < 1.29 is 13.3 Å². The summed E-state index contributed by atoms with van der Waals surface area (Å²) < 4.78 is 18.6. The average Bonchev–Trinajstić information content (AvgIpc) is 3.05. The monoisotopic (exact) mass is 268 g/mol. The molecule has 0 aromatic rings. The van der Waals surface area contributed by atoms with E-state index in [1.807, 2.05) is 0 Å². The minimum atomic E-state index is -2.40. The van der Waals surface area contributed by atoms with E-state index < -0.39 is 8.80 Å². The molecule has 0 radical (unpaired) electrons. The lowest BCUT2D eigenvalue weighted by atomic mass is 9.60. The van der Waals surface area contributed by atoms with Crippen molar-refractivity contribution in [3.05, 3.63) is 0 Å². The molecule has 0 aromatic heterocycles. The first-order valence-electron chi connectivity index (χ1n) is 7.53. The van der Waals surface area contributed by atoms with Gasteiger partial charge in [0.25, 0.3) is 0 Å². The molecule has 102 valence electrons. The molecule has 0 aromatic carbocycles. The van der Waals surface area contributed by atoms with Crippen LogP contribution in [0.5, 0.6) is 0 Å². The Morgan fingerprint density at radius 2 is 2.17 bits per heavy atom. The first-order chi connectivity index (χ1) is 8.63. The third-order valence-electron chi connectivity index (χ3n) is 6.09. The third kappa shape index (κ3) is 1.30. The Balaban J connectivity index is 1.67. The molecule has 0 N–H and O–H groups in total. The number of hydrogen-bond acceptors (Lipinski definition) is 3. The lowest BCUT2D eigenvalue weighted by molar-refractivity contribution is -0.0747. The van der Waals surface area contributed by atoms with E-state index in [9.17, 15) is 0 Å². The van der Waals surface area contributed by atoms with Crippen LogP contribution in [-0.2, 0) is 13.3 Å². The number of hydrogen-bond donors (Lipinski definition) is 0. The Kier molecular flexibility index (Phi) is 2.37. The van der Waals surface area contributed by atoms with Gasteiger partial charge in [0, 0.05) is 19.8 Å². The van der Waals surface area contributed by atoms with Crippen molar-refractivity contribution in [2.24, 2.45) is 29.6 Å². The zero-order chi connectivity index (χ0) is 12.5. The summed E-state index contributed by atoms with van der Waals surface area (Å²) in [6.45, 7) is 5.44. The topological polar surface area (TPSA) is 27.7 Å². The molecule has 1 saturated heterocycles. The minimum absolute atomic E-state index is 0.0755. The second kappa shape index (κ2) is 3.60. The molecule has 18 heavy (non-hydrogen) atoms. The van der Waals surface area contributed by atoms with Crippen LogP contribution in [0.4, 0.5) is 0 Å². The van der Waals surface area contributed by atoms with E-state index in [4.69, 9.17) is 13.3 Å². The lowest BCUT2D eigenvalue weighted by Gasteiger charge is -2.48. The van der Waals surface area contributed by atoms with Gasteiger partial charge in [-0.25, -0.2) is 0 Å². The predicted octanol–water partition coefficient (Wildman–Crippen LogP) is 2.69. The summed E-state index contributed by atoms with van der Waals surface area (Å²) >= 11 is 0. The summed E-state index contributed by atoms with van der Waals surface area (Å²) in [5.41, 5.74) is 0.0755. The van der Waals surface area contributed by atoms with Gasteiger partial charge in [0.15, 0.2) is 0 Å². The summed E-state index contributed by atoms with van der Waals surface area (Å²) in [5, 5.41) is 0. The van der Waals surface area contributed by atoms with Crippen LogP contribution in [0, 0.1) is 29.6 Å². The maximum atomic E-state index is 6.65. The van der Waals surface area contributed by atoms with E-state index >= 15 is 0 Å². The summed E-state index contributed by atoms with van der Waals surface area (Å²) in [7, 11) is -0.608. The molecule has 1 aliphatic heterocycles. The van der Waals surface area contributed by atoms with Crippen LogP contribution < -0.4 is 0 Å². The predicted molar refractivity (Wildman–Crippen MR) is 70.0 cm³/mol. The van der Waals surface area contributed by atoms with Crippen molar-refractivity contribution in [2.45, 2.75) is 44.8 Å². The van der Waals surface area contributed by atoms with Crippen LogP contribution in [0.25, 0.3) is 0 Å². The first-order valence-corrected chi connectivity index (χ1v) is 9.46. The zero-order valence-corrected chi connectivity index (χ0v) is 12.6. The second-order valence-electron chi connectivity index (χ2n) is 6.93. The van der Waals surface area contributed by atoms with Crippen molar-refractivity contribution in [2.75, 3.05) is 13.7 Å². The van der Waals surface area contributed by atoms with Crippen LogP contribution in [-0.4, -0.2) is 28.1 Å². The highest BCUT2D eigenvalue weighted by Crippen LogP contribution is 2.73. The molecule has 3 aliphatic carbocycles. The molecule has 3 saturated carbocycles. The third-order valence-corrected chi connectivity index (χ3v) is 9.18. The smallest absolute Gasteiger partial charge is 0.377 e. The van der Waals surface area contributed by atoms with Gasteiger partial charge >= 0.3 is 8.80 Å². The van der Waals surface area contributed by atoms with Gasteiger partial charge < -0.3 is 13.3 Å². The van der Waals surface area contributed by atoms with E-state index in [1.165, 1.54) is 12.8 Å². The minimum Gasteiger partial charge on any atom is -0.377 e. The van der Waals surface area contributed by atoms with Crippen molar-refractivity contribution in [1.82, 2.24) is 0 Å². The van der Waals surface area contributed by atoms with Gasteiger partial charge in [-0.2, -0.15) is 0 Å². The highest BCUT2D eigenvalue weighted by molar-refractivity contribution is 6.60. The maximum absolute atomic E-state index is 6.65. The van der Waals surface area contributed by atoms with Crippen LogP contribution in [0.3, 0.4) is 0 Å². The van der Waals surface area contributed by atoms with Gasteiger partial charge in [0.05, 0.1) is 5.60 Å². The molecule has 4 aliphatic rings.